The van der Waals surface area contributed by atoms with E-state index in [1.807, 2.05) is 7.05 Å². The van der Waals surface area contributed by atoms with Crippen LogP contribution in [-0.4, -0.2) is 33.1 Å². The van der Waals surface area contributed by atoms with Gasteiger partial charge in [-0.3, -0.25) is 0 Å². The van der Waals surface area contributed by atoms with Gasteiger partial charge >= 0.3 is 0 Å². The highest BCUT2D eigenvalue weighted by Gasteiger charge is 2.26. The highest BCUT2D eigenvalue weighted by molar-refractivity contribution is 4.93. The Labute approximate surface area is 82.7 Å². The van der Waals surface area contributed by atoms with Crippen LogP contribution in [0.15, 0.2) is 6.33 Å². The molecule has 78 valence electrons. The quantitative estimate of drug-likeness (QED) is 0.739. The topological polar surface area (TPSA) is 60.2 Å². The number of ether oxygens (including phenoxy) is 1. The van der Waals surface area contributed by atoms with Crippen molar-refractivity contribution in [1.29, 1.82) is 0 Å². The average Bonchev–Trinajstić information content (AvgIpc) is 2.65. The number of hydrogen-bond acceptors (Lipinski definition) is 4. The third kappa shape index (κ3) is 1.78. The highest BCUT2D eigenvalue weighted by atomic mass is 16.5. The van der Waals surface area contributed by atoms with E-state index < -0.39 is 6.10 Å². The number of rotatable bonds is 2. The zero-order valence-corrected chi connectivity index (χ0v) is 8.26. The predicted molar refractivity (Wildman–Crippen MR) is 49.5 cm³/mol. The summed E-state index contributed by atoms with van der Waals surface area (Å²) in [6.45, 7) is 1.47. The molecule has 0 radical (unpaired) electrons. The minimum atomic E-state index is -0.508. The van der Waals surface area contributed by atoms with Crippen LogP contribution in [0.1, 0.15) is 24.8 Å². The minimum absolute atomic E-state index is 0.256. The van der Waals surface area contributed by atoms with Gasteiger partial charge in [-0.1, -0.05) is 0 Å². The van der Waals surface area contributed by atoms with Crippen LogP contribution in [0.2, 0.25) is 0 Å². The summed E-state index contributed by atoms with van der Waals surface area (Å²) in [5.41, 5.74) is 0. The van der Waals surface area contributed by atoms with Gasteiger partial charge in [-0.2, -0.15) is 0 Å². The molecule has 2 rings (SSSR count). The van der Waals surface area contributed by atoms with Crippen molar-refractivity contribution in [3.05, 3.63) is 12.2 Å². The van der Waals surface area contributed by atoms with Gasteiger partial charge in [0.15, 0.2) is 5.82 Å². The van der Waals surface area contributed by atoms with Gasteiger partial charge in [0.1, 0.15) is 12.4 Å². The summed E-state index contributed by atoms with van der Waals surface area (Å²) in [6, 6.07) is 0. The monoisotopic (exact) mass is 197 g/mol. The molecule has 0 aromatic carbocycles. The number of aliphatic hydroxyl groups is 1. The molecule has 1 fully saturated rings. The lowest BCUT2D eigenvalue weighted by atomic mass is 9.93. The molecule has 1 atom stereocenters. The molecule has 14 heavy (non-hydrogen) atoms. The molecule has 0 saturated carbocycles. The maximum Gasteiger partial charge on any atom is 0.161 e. The Morgan fingerprint density at radius 2 is 2.29 bits per heavy atom. The van der Waals surface area contributed by atoms with Gasteiger partial charge in [0.05, 0.1) is 0 Å². The molecule has 1 aromatic rings. The molecule has 5 heteroatoms. The third-order valence-electron chi connectivity index (χ3n) is 2.72. The number of nitrogens with zero attached hydrogens (tertiary/aromatic N) is 3. The van der Waals surface area contributed by atoms with Gasteiger partial charge < -0.3 is 14.4 Å². The first-order valence-corrected chi connectivity index (χ1v) is 4.88. The average molecular weight is 197 g/mol. The van der Waals surface area contributed by atoms with Crippen LogP contribution in [0, 0.1) is 5.92 Å². The van der Waals surface area contributed by atoms with Crippen LogP contribution in [0.25, 0.3) is 0 Å². The van der Waals surface area contributed by atoms with Crippen LogP contribution in [0.3, 0.4) is 0 Å². The Morgan fingerprint density at radius 3 is 2.86 bits per heavy atom. The minimum Gasteiger partial charge on any atom is -0.385 e. The lowest BCUT2D eigenvalue weighted by Crippen LogP contribution is -2.23. The molecule has 1 aliphatic rings. The largest absolute Gasteiger partial charge is 0.385 e. The number of aromatic nitrogens is 3. The Hall–Kier alpha value is -0.940. The van der Waals surface area contributed by atoms with Crippen molar-refractivity contribution in [3.8, 4) is 0 Å². The molecule has 1 aromatic heterocycles. The molecule has 1 unspecified atom stereocenters. The zero-order chi connectivity index (χ0) is 9.97. The molecule has 0 amide bonds. The molecule has 5 nitrogen and oxygen atoms in total. The number of aryl methyl sites for hydroxylation is 1. The molecule has 0 bridgehead atoms. The van der Waals surface area contributed by atoms with E-state index in [-0.39, 0.29) is 5.92 Å². The number of hydrogen-bond donors (Lipinski definition) is 1. The zero-order valence-electron chi connectivity index (χ0n) is 8.26. The summed E-state index contributed by atoms with van der Waals surface area (Å²) in [7, 11) is 1.85. The van der Waals surface area contributed by atoms with Crippen LogP contribution in [0.4, 0.5) is 0 Å². The van der Waals surface area contributed by atoms with Gasteiger partial charge in [0, 0.05) is 20.3 Å². The van der Waals surface area contributed by atoms with Crippen LogP contribution in [-0.2, 0) is 11.8 Å². The second-order valence-electron chi connectivity index (χ2n) is 3.69. The van der Waals surface area contributed by atoms with Crippen LogP contribution in [0.5, 0.6) is 0 Å². The van der Waals surface area contributed by atoms with E-state index in [9.17, 15) is 5.11 Å². The summed E-state index contributed by atoms with van der Waals surface area (Å²) in [5, 5.41) is 17.7. The first kappa shape index (κ1) is 9.61. The molecular formula is C9H15N3O2. The van der Waals surface area contributed by atoms with Crippen molar-refractivity contribution in [1.82, 2.24) is 14.8 Å². The second kappa shape index (κ2) is 4.06. The smallest absolute Gasteiger partial charge is 0.161 e. The van der Waals surface area contributed by atoms with E-state index >= 15 is 0 Å². The Morgan fingerprint density at radius 1 is 1.57 bits per heavy atom. The first-order valence-electron chi connectivity index (χ1n) is 4.88. The van der Waals surface area contributed by atoms with Crippen molar-refractivity contribution in [2.75, 3.05) is 13.2 Å². The fourth-order valence-corrected chi connectivity index (χ4v) is 1.80. The molecular weight excluding hydrogens is 182 g/mol. The van der Waals surface area contributed by atoms with Crippen LogP contribution < -0.4 is 0 Å². The van der Waals surface area contributed by atoms with Gasteiger partial charge in [0.25, 0.3) is 0 Å². The Kier molecular flexibility index (Phi) is 2.79. The van der Waals surface area contributed by atoms with E-state index in [0.717, 1.165) is 26.1 Å². The van der Waals surface area contributed by atoms with Gasteiger partial charge in [-0.15, -0.1) is 10.2 Å². The van der Waals surface area contributed by atoms with Crippen molar-refractivity contribution >= 4 is 0 Å². The fourth-order valence-electron chi connectivity index (χ4n) is 1.80. The molecule has 0 spiro atoms. The normalized spacial score (nSPS) is 21.0. The predicted octanol–water partition coefficient (Wildman–Crippen LogP) is 0.275. The summed E-state index contributed by atoms with van der Waals surface area (Å²) in [4.78, 5) is 0. The van der Waals surface area contributed by atoms with Gasteiger partial charge in [0.2, 0.25) is 0 Å². The second-order valence-corrected chi connectivity index (χ2v) is 3.69. The van der Waals surface area contributed by atoms with Crippen LogP contribution >= 0.6 is 0 Å². The summed E-state index contributed by atoms with van der Waals surface area (Å²) < 4.78 is 7.01. The summed E-state index contributed by atoms with van der Waals surface area (Å²) in [5.74, 6) is 0.906. The first-order chi connectivity index (χ1) is 6.79. The van der Waals surface area contributed by atoms with E-state index in [1.165, 1.54) is 0 Å². The molecule has 1 N–H and O–H groups in total. The lowest BCUT2D eigenvalue weighted by Gasteiger charge is -2.25. The van der Waals surface area contributed by atoms with E-state index in [1.54, 1.807) is 10.9 Å². The number of aliphatic hydroxyl groups excluding tert-OH is 1. The SMILES string of the molecule is Cn1cnnc1C(O)C1CCOCC1. The van der Waals surface area contributed by atoms with Crippen molar-refractivity contribution in [3.63, 3.8) is 0 Å². The van der Waals surface area contributed by atoms with Crippen molar-refractivity contribution < 1.29 is 9.84 Å². The maximum absolute atomic E-state index is 10.0. The fraction of sp³-hybridized carbons (Fsp3) is 0.778. The summed E-state index contributed by atoms with van der Waals surface area (Å²) >= 11 is 0. The lowest BCUT2D eigenvalue weighted by molar-refractivity contribution is 0.00266. The third-order valence-corrected chi connectivity index (χ3v) is 2.72. The molecule has 0 aliphatic carbocycles. The Bertz CT molecular complexity index is 294. The van der Waals surface area contributed by atoms with Gasteiger partial charge in [-0.25, -0.2) is 0 Å². The van der Waals surface area contributed by atoms with E-state index in [4.69, 9.17) is 4.74 Å². The van der Waals surface area contributed by atoms with Crippen molar-refractivity contribution in [2.45, 2.75) is 18.9 Å². The standard InChI is InChI=1S/C9H15N3O2/c1-12-6-10-11-9(12)8(13)7-2-4-14-5-3-7/h6-8,13H,2-5H2,1H3. The van der Waals surface area contributed by atoms with Gasteiger partial charge in [-0.05, 0) is 18.8 Å². The highest BCUT2D eigenvalue weighted by Crippen LogP contribution is 2.28. The van der Waals surface area contributed by atoms with E-state index in [0.29, 0.717) is 5.82 Å². The summed E-state index contributed by atoms with van der Waals surface area (Å²) in [6.07, 6.45) is 2.89. The Balaban J connectivity index is 2.07. The molecule has 2 heterocycles. The maximum atomic E-state index is 10.0. The van der Waals surface area contributed by atoms with Crippen molar-refractivity contribution in [2.24, 2.45) is 13.0 Å². The van der Waals surface area contributed by atoms with E-state index in [2.05, 4.69) is 10.2 Å². The molecule has 1 aliphatic heterocycles. The molecule has 1 saturated heterocycles.